The standard InChI is InChI=1S/C21H32N6O/c1-16-14-17(2)27(25-16)13-9-12-22-21(23-15-20(28)26(4)5)24-18(3)19-10-7-6-8-11-19/h6-8,10-11,14,18H,9,12-13,15H2,1-5H3,(H2,22,23,24). The zero-order valence-electron chi connectivity index (χ0n) is 17.6. The zero-order chi connectivity index (χ0) is 20.5. The minimum atomic E-state index is -0.0314. The van der Waals surface area contributed by atoms with Gasteiger partial charge < -0.3 is 15.5 Å². The highest BCUT2D eigenvalue weighted by molar-refractivity contribution is 5.85. The molecule has 1 aromatic carbocycles. The number of nitrogens with one attached hydrogen (secondary N) is 2. The van der Waals surface area contributed by atoms with Gasteiger partial charge in [0.2, 0.25) is 5.91 Å². The molecule has 1 atom stereocenters. The summed E-state index contributed by atoms with van der Waals surface area (Å²) < 4.78 is 2.02. The molecule has 7 heteroatoms. The van der Waals surface area contributed by atoms with Crippen molar-refractivity contribution in [2.24, 2.45) is 4.99 Å². The van der Waals surface area contributed by atoms with Crippen molar-refractivity contribution in [3.8, 4) is 0 Å². The highest BCUT2D eigenvalue weighted by Gasteiger charge is 2.09. The number of carbonyl (C=O) groups excluding carboxylic acids is 1. The molecule has 0 radical (unpaired) electrons. The van der Waals surface area contributed by atoms with Gasteiger partial charge in [-0.3, -0.25) is 9.48 Å². The minimum absolute atomic E-state index is 0.0314. The third-order valence-electron chi connectivity index (χ3n) is 4.47. The van der Waals surface area contributed by atoms with E-state index in [0.29, 0.717) is 5.96 Å². The van der Waals surface area contributed by atoms with Gasteiger partial charge in [-0.2, -0.15) is 5.10 Å². The van der Waals surface area contributed by atoms with Crippen LogP contribution in [0, 0.1) is 13.8 Å². The van der Waals surface area contributed by atoms with E-state index in [4.69, 9.17) is 0 Å². The molecule has 1 amide bonds. The van der Waals surface area contributed by atoms with Crippen LogP contribution in [-0.4, -0.2) is 53.7 Å². The Hall–Kier alpha value is -2.83. The van der Waals surface area contributed by atoms with Gasteiger partial charge in [-0.15, -0.1) is 0 Å². The maximum absolute atomic E-state index is 11.9. The van der Waals surface area contributed by atoms with E-state index in [1.54, 1.807) is 19.0 Å². The molecule has 1 heterocycles. The van der Waals surface area contributed by atoms with Crippen LogP contribution in [-0.2, 0) is 11.3 Å². The van der Waals surface area contributed by atoms with E-state index in [9.17, 15) is 4.79 Å². The van der Waals surface area contributed by atoms with E-state index in [0.717, 1.165) is 25.2 Å². The second-order valence-corrected chi connectivity index (χ2v) is 7.16. The fourth-order valence-electron chi connectivity index (χ4n) is 2.81. The molecule has 0 fully saturated rings. The van der Waals surface area contributed by atoms with Crippen LogP contribution in [0.4, 0.5) is 0 Å². The second-order valence-electron chi connectivity index (χ2n) is 7.16. The van der Waals surface area contributed by atoms with Crippen LogP contribution in [0.3, 0.4) is 0 Å². The fraction of sp³-hybridized carbons (Fsp3) is 0.476. The number of aromatic nitrogens is 2. The van der Waals surface area contributed by atoms with Gasteiger partial charge in [0.25, 0.3) is 0 Å². The average molecular weight is 385 g/mol. The van der Waals surface area contributed by atoms with Crippen LogP contribution in [0.1, 0.15) is 36.3 Å². The third kappa shape index (κ3) is 6.72. The first kappa shape index (κ1) is 21.5. The number of hydrogen-bond donors (Lipinski definition) is 2. The first-order valence-electron chi connectivity index (χ1n) is 9.68. The van der Waals surface area contributed by atoms with Gasteiger partial charge in [0.15, 0.2) is 5.96 Å². The average Bonchev–Trinajstić information content (AvgIpc) is 3.00. The van der Waals surface area contributed by atoms with E-state index in [1.807, 2.05) is 29.8 Å². The Labute approximate surface area is 167 Å². The fourth-order valence-corrected chi connectivity index (χ4v) is 2.81. The molecule has 0 bridgehead atoms. The number of rotatable bonds is 8. The maximum atomic E-state index is 11.9. The Morgan fingerprint density at radius 2 is 1.96 bits per heavy atom. The van der Waals surface area contributed by atoms with Gasteiger partial charge in [-0.25, -0.2) is 4.99 Å². The molecular weight excluding hydrogens is 352 g/mol. The lowest BCUT2D eigenvalue weighted by atomic mass is 10.1. The van der Waals surface area contributed by atoms with E-state index in [1.165, 1.54) is 11.3 Å². The molecular formula is C21H32N6O. The zero-order valence-corrected chi connectivity index (χ0v) is 17.6. The smallest absolute Gasteiger partial charge is 0.243 e. The van der Waals surface area contributed by atoms with Crippen LogP contribution >= 0.6 is 0 Å². The van der Waals surface area contributed by atoms with Gasteiger partial charge >= 0.3 is 0 Å². The quantitative estimate of drug-likeness (QED) is 0.416. The van der Waals surface area contributed by atoms with Gasteiger partial charge in [-0.1, -0.05) is 30.3 Å². The monoisotopic (exact) mass is 384 g/mol. The first-order chi connectivity index (χ1) is 13.4. The molecule has 0 saturated carbocycles. The molecule has 0 saturated heterocycles. The van der Waals surface area contributed by atoms with Crippen molar-refractivity contribution in [2.75, 3.05) is 27.2 Å². The normalized spacial score (nSPS) is 12.5. The number of nitrogens with zero attached hydrogens (tertiary/aromatic N) is 4. The summed E-state index contributed by atoms with van der Waals surface area (Å²) in [6.45, 7) is 7.84. The largest absolute Gasteiger partial charge is 0.356 e. The summed E-state index contributed by atoms with van der Waals surface area (Å²) in [7, 11) is 3.47. The molecule has 0 aliphatic heterocycles. The molecule has 1 aromatic heterocycles. The van der Waals surface area contributed by atoms with Crippen molar-refractivity contribution in [1.29, 1.82) is 0 Å². The second kappa shape index (κ2) is 10.5. The summed E-state index contributed by atoms with van der Waals surface area (Å²) in [5.74, 6) is 0.607. The molecule has 2 N–H and O–H groups in total. The molecule has 0 spiro atoms. The molecule has 7 nitrogen and oxygen atoms in total. The predicted molar refractivity (Wildman–Crippen MR) is 113 cm³/mol. The van der Waals surface area contributed by atoms with Crippen LogP contribution in [0.5, 0.6) is 0 Å². The summed E-state index contributed by atoms with van der Waals surface area (Å²) >= 11 is 0. The van der Waals surface area contributed by atoms with E-state index < -0.39 is 0 Å². The lowest BCUT2D eigenvalue weighted by Crippen LogP contribution is -2.40. The van der Waals surface area contributed by atoms with Gasteiger partial charge in [0, 0.05) is 32.9 Å². The summed E-state index contributed by atoms with van der Waals surface area (Å²) in [5.41, 5.74) is 3.37. The topological polar surface area (TPSA) is 74.6 Å². The molecule has 2 aromatic rings. The van der Waals surface area contributed by atoms with Crippen molar-refractivity contribution in [3.63, 3.8) is 0 Å². The Bertz CT molecular complexity index is 781. The van der Waals surface area contributed by atoms with Gasteiger partial charge in [0.05, 0.1) is 11.7 Å². The summed E-state index contributed by atoms with van der Waals surface area (Å²) in [4.78, 5) is 17.9. The van der Waals surface area contributed by atoms with E-state index in [-0.39, 0.29) is 18.5 Å². The van der Waals surface area contributed by atoms with Gasteiger partial charge in [-0.05, 0) is 38.8 Å². The van der Waals surface area contributed by atoms with Crippen LogP contribution in [0.25, 0.3) is 0 Å². The van der Waals surface area contributed by atoms with Crippen molar-refractivity contribution >= 4 is 11.9 Å². The lowest BCUT2D eigenvalue weighted by molar-refractivity contribution is -0.127. The number of hydrogen-bond acceptors (Lipinski definition) is 3. The molecule has 152 valence electrons. The number of aliphatic imine (C=N–C) groups is 1. The van der Waals surface area contributed by atoms with E-state index >= 15 is 0 Å². The summed E-state index contributed by atoms with van der Waals surface area (Å²) in [5, 5.41) is 11.2. The minimum Gasteiger partial charge on any atom is -0.356 e. The number of guanidine groups is 1. The Balaban J connectivity index is 1.94. The third-order valence-corrected chi connectivity index (χ3v) is 4.47. The SMILES string of the molecule is Cc1cc(C)n(CCCNC(=NCC(=O)N(C)C)NC(C)c2ccccc2)n1. The lowest BCUT2D eigenvalue weighted by Gasteiger charge is -2.19. The van der Waals surface area contributed by atoms with Crippen molar-refractivity contribution in [2.45, 2.75) is 39.8 Å². The predicted octanol–water partition coefficient (Wildman–Crippen LogP) is 2.27. The Kier molecular flexibility index (Phi) is 8.04. The molecule has 0 aliphatic rings. The molecule has 28 heavy (non-hydrogen) atoms. The Morgan fingerprint density at radius 3 is 2.57 bits per heavy atom. The van der Waals surface area contributed by atoms with E-state index in [2.05, 4.69) is 52.8 Å². The summed E-state index contributed by atoms with van der Waals surface area (Å²) in [6.07, 6.45) is 0.907. The molecule has 1 unspecified atom stereocenters. The first-order valence-corrected chi connectivity index (χ1v) is 9.68. The highest BCUT2D eigenvalue weighted by atomic mass is 16.2. The molecule has 0 aliphatic carbocycles. The number of likely N-dealkylation sites (N-methyl/N-ethyl adjacent to an activating group) is 1. The van der Waals surface area contributed by atoms with Crippen molar-refractivity contribution in [1.82, 2.24) is 25.3 Å². The highest BCUT2D eigenvalue weighted by Crippen LogP contribution is 2.10. The number of aryl methyl sites for hydroxylation is 3. The summed E-state index contributed by atoms with van der Waals surface area (Å²) in [6, 6.07) is 12.3. The number of amides is 1. The molecule has 2 rings (SSSR count). The Morgan fingerprint density at radius 1 is 1.25 bits per heavy atom. The van der Waals surface area contributed by atoms with Crippen molar-refractivity contribution < 1.29 is 4.79 Å². The number of carbonyl (C=O) groups is 1. The van der Waals surface area contributed by atoms with Crippen LogP contribution < -0.4 is 10.6 Å². The maximum Gasteiger partial charge on any atom is 0.243 e. The number of benzene rings is 1. The van der Waals surface area contributed by atoms with Gasteiger partial charge in [0.1, 0.15) is 6.54 Å². The van der Waals surface area contributed by atoms with Crippen molar-refractivity contribution in [3.05, 3.63) is 53.3 Å². The van der Waals surface area contributed by atoms with Crippen LogP contribution in [0.15, 0.2) is 41.4 Å². The van der Waals surface area contributed by atoms with Crippen LogP contribution in [0.2, 0.25) is 0 Å².